The lowest BCUT2D eigenvalue weighted by Crippen LogP contribution is -2.53. The molecule has 1 aromatic rings. The maximum absolute atomic E-state index is 12.4. The van der Waals surface area contributed by atoms with E-state index in [-0.39, 0.29) is 25.9 Å². The largest absolute Gasteiger partial charge is 0.471 e. The van der Waals surface area contributed by atoms with Gasteiger partial charge in [-0.3, -0.25) is 4.79 Å². The molecule has 1 saturated heterocycles. The Kier molecular flexibility index (Phi) is 3.49. The summed E-state index contributed by atoms with van der Waals surface area (Å²) in [4.78, 5) is 12.0. The SMILES string of the molecule is Cc1nnc(C2(N)CCN(C(=O)C(F)(F)F)CC2)n1C. The van der Waals surface area contributed by atoms with Gasteiger partial charge in [0, 0.05) is 20.1 Å². The monoisotopic (exact) mass is 291 g/mol. The molecule has 20 heavy (non-hydrogen) atoms. The molecule has 0 aliphatic carbocycles. The number of rotatable bonds is 1. The van der Waals surface area contributed by atoms with Gasteiger partial charge >= 0.3 is 12.1 Å². The molecule has 1 amide bonds. The Balaban J connectivity index is 2.11. The van der Waals surface area contributed by atoms with Gasteiger partial charge in [-0.1, -0.05) is 0 Å². The third kappa shape index (κ3) is 2.49. The number of hydrogen-bond acceptors (Lipinski definition) is 4. The van der Waals surface area contributed by atoms with Gasteiger partial charge in [-0.25, -0.2) is 0 Å². The minimum absolute atomic E-state index is 0.0409. The van der Waals surface area contributed by atoms with Crippen LogP contribution in [0, 0.1) is 6.92 Å². The van der Waals surface area contributed by atoms with E-state index >= 15 is 0 Å². The van der Waals surface area contributed by atoms with E-state index in [1.807, 2.05) is 0 Å². The molecule has 0 radical (unpaired) electrons. The molecule has 1 aliphatic heterocycles. The molecule has 0 unspecified atom stereocenters. The number of aromatic nitrogens is 3. The van der Waals surface area contributed by atoms with Crippen LogP contribution in [0.15, 0.2) is 0 Å². The zero-order valence-electron chi connectivity index (χ0n) is 11.2. The second-order valence-electron chi connectivity index (χ2n) is 5.08. The smallest absolute Gasteiger partial charge is 0.335 e. The van der Waals surface area contributed by atoms with Gasteiger partial charge in [0.25, 0.3) is 0 Å². The van der Waals surface area contributed by atoms with Crippen molar-refractivity contribution in [3.05, 3.63) is 11.6 Å². The number of carbonyl (C=O) groups excluding carboxylic acids is 1. The standard InChI is InChI=1S/C11H16F3N5O/c1-7-16-17-8(18(7)2)10(15)3-5-19(6-4-10)9(20)11(12,13)14/h3-6,15H2,1-2H3. The molecule has 1 fully saturated rings. The number of hydrogen-bond donors (Lipinski definition) is 1. The Bertz CT molecular complexity index is 517. The molecule has 0 aromatic carbocycles. The molecule has 2 N–H and O–H groups in total. The van der Waals surface area contributed by atoms with Crippen LogP contribution in [0.1, 0.15) is 24.5 Å². The summed E-state index contributed by atoms with van der Waals surface area (Å²) in [6, 6.07) is 0. The number of nitrogens with zero attached hydrogens (tertiary/aromatic N) is 4. The van der Waals surface area contributed by atoms with Crippen LogP contribution in [0.25, 0.3) is 0 Å². The average Bonchev–Trinajstić information content (AvgIpc) is 2.69. The summed E-state index contributed by atoms with van der Waals surface area (Å²) in [6.07, 6.45) is -4.39. The maximum Gasteiger partial charge on any atom is 0.471 e. The predicted molar refractivity (Wildman–Crippen MR) is 63.5 cm³/mol. The second kappa shape index (κ2) is 4.72. The highest BCUT2D eigenvalue weighted by Crippen LogP contribution is 2.31. The van der Waals surface area contributed by atoms with Crippen molar-refractivity contribution < 1.29 is 18.0 Å². The van der Waals surface area contributed by atoms with Gasteiger partial charge in [-0.2, -0.15) is 13.2 Å². The van der Waals surface area contributed by atoms with Crippen LogP contribution >= 0.6 is 0 Å². The van der Waals surface area contributed by atoms with Crippen molar-refractivity contribution in [3.63, 3.8) is 0 Å². The fourth-order valence-corrected chi connectivity index (χ4v) is 2.35. The van der Waals surface area contributed by atoms with E-state index in [9.17, 15) is 18.0 Å². The van der Waals surface area contributed by atoms with E-state index in [1.54, 1.807) is 18.5 Å². The molecule has 0 atom stereocenters. The first-order chi connectivity index (χ1) is 9.15. The van der Waals surface area contributed by atoms with Gasteiger partial charge in [0.15, 0.2) is 5.82 Å². The van der Waals surface area contributed by atoms with E-state index in [2.05, 4.69) is 10.2 Å². The predicted octanol–water partition coefficient (Wildman–Crippen LogP) is 0.462. The first-order valence-electron chi connectivity index (χ1n) is 6.16. The van der Waals surface area contributed by atoms with Gasteiger partial charge < -0.3 is 15.2 Å². The van der Waals surface area contributed by atoms with Crippen LogP contribution < -0.4 is 5.73 Å². The van der Waals surface area contributed by atoms with Crippen molar-refractivity contribution in [2.45, 2.75) is 31.5 Å². The van der Waals surface area contributed by atoms with Crippen LogP contribution in [0.5, 0.6) is 0 Å². The van der Waals surface area contributed by atoms with Gasteiger partial charge in [-0.15, -0.1) is 10.2 Å². The van der Waals surface area contributed by atoms with Crippen molar-refractivity contribution in [1.82, 2.24) is 19.7 Å². The maximum atomic E-state index is 12.4. The molecular formula is C11H16F3N5O. The number of piperidine rings is 1. The van der Waals surface area contributed by atoms with Gasteiger partial charge in [0.05, 0.1) is 5.54 Å². The summed E-state index contributed by atoms with van der Waals surface area (Å²) in [5.41, 5.74) is 5.37. The Morgan fingerprint density at radius 1 is 1.30 bits per heavy atom. The van der Waals surface area contributed by atoms with Crippen molar-refractivity contribution in [1.29, 1.82) is 0 Å². The molecule has 0 spiro atoms. The van der Waals surface area contributed by atoms with Crippen LogP contribution in [0.3, 0.4) is 0 Å². The topological polar surface area (TPSA) is 77.0 Å². The summed E-state index contributed by atoms with van der Waals surface area (Å²) >= 11 is 0. The summed E-state index contributed by atoms with van der Waals surface area (Å²) < 4.78 is 38.8. The summed E-state index contributed by atoms with van der Waals surface area (Å²) in [6.45, 7) is 1.68. The molecule has 2 heterocycles. The first-order valence-corrected chi connectivity index (χ1v) is 6.16. The van der Waals surface area contributed by atoms with E-state index in [1.165, 1.54) is 0 Å². The number of halogens is 3. The Morgan fingerprint density at radius 2 is 1.85 bits per heavy atom. The minimum Gasteiger partial charge on any atom is -0.335 e. The van der Waals surface area contributed by atoms with Gasteiger partial charge in [-0.05, 0) is 19.8 Å². The lowest BCUT2D eigenvalue weighted by molar-refractivity contribution is -0.187. The summed E-state index contributed by atoms with van der Waals surface area (Å²) in [5.74, 6) is -0.596. The number of amides is 1. The summed E-state index contributed by atoms with van der Waals surface area (Å²) in [5, 5.41) is 7.89. The number of nitrogens with two attached hydrogens (primary N) is 1. The van der Waals surface area contributed by atoms with Gasteiger partial charge in [0.1, 0.15) is 5.82 Å². The van der Waals surface area contributed by atoms with Crippen molar-refractivity contribution in [3.8, 4) is 0 Å². The molecule has 1 aromatic heterocycles. The fourth-order valence-electron chi connectivity index (χ4n) is 2.35. The van der Waals surface area contributed by atoms with Crippen LogP contribution in [-0.2, 0) is 17.4 Å². The normalized spacial score (nSPS) is 19.2. The minimum atomic E-state index is -4.84. The Morgan fingerprint density at radius 3 is 2.25 bits per heavy atom. The van der Waals surface area contributed by atoms with E-state index < -0.39 is 17.6 Å². The Labute approximate surface area is 113 Å². The number of likely N-dealkylation sites (tertiary alicyclic amines) is 1. The molecule has 2 rings (SSSR count). The van der Waals surface area contributed by atoms with Crippen LogP contribution in [0.4, 0.5) is 13.2 Å². The molecule has 0 saturated carbocycles. The molecule has 112 valence electrons. The molecule has 1 aliphatic rings. The third-order valence-electron chi connectivity index (χ3n) is 3.72. The molecular weight excluding hydrogens is 275 g/mol. The third-order valence-corrected chi connectivity index (χ3v) is 3.72. The highest BCUT2D eigenvalue weighted by molar-refractivity contribution is 5.81. The van der Waals surface area contributed by atoms with Crippen LogP contribution in [0.2, 0.25) is 0 Å². The zero-order chi connectivity index (χ0) is 15.1. The molecule has 6 nitrogen and oxygen atoms in total. The quantitative estimate of drug-likeness (QED) is 0.815. The Hall–Kier alpha value is -1.64. The zero-order valence-corrected chi connectivity index (χ0v) is 11.2. The van der Waals surface area contributed by atoms with Crippen LogP contribution in [-0.4, -0.2) is 44.8 Å². The number of aryl methyl sites for hydroxylation is 1. The van der Waals surface area contributed by atoms with Crippen molar-refractivity contribution in [2.75, 3.05) is 13.1 Å². The molecule has 0 bridgehead atoms. The summed E-state index contributed by atoms with van der Waals surface area (Å²) in [7, 11) is 1.76. The lowest BCUT2D eigenvalue weighted by atomic mass is 9.87. The van der Waals surface area contributed by atoms with E-state index in [4.69, 9.17) is 5.73 Å². The highest BCUT2D eigenvalue weighted by atomic mass is 19.4. The van der Waals surface area contributed by atoms with Gasteiger partial charge in [0.2, 0.25) is 0 Å². The first kappa shape index (κ1) is 14.8. The van der Waals surface area contributed by atoms with E-state index in [0.29, 0.717) is 11.6 Å². The van der Waals surface area contributed by atoms with Crippen molar-refractivity contribution >= 4 is 5.91 Å². The fraction of sp³-hybridized carbons (Fsp3) is 0.727. The lowest BCUT2D eigenvalue weighted by Gasteiger charge is -2.38. The highest BCUT2D eigenvalue weighted by Gasteiger charge is 2.46. The van der Waals surface area contributed by atoms with Crippen molar-refractivity contribution in [2.24, 2.45) is 12.8 Å². The molecule has 9 heteroatoms. The van der Waals surface area contributed by atoms with E-state index in [0.717, 1.165) is 4.90 Å². The number of carbonyl (C=O) groups is 1. The average molecular weight is 291 g/mol. The number of alkyl halides is 3. The second-order valence-corrected chi connectivity index (χ2v) is 5.08.